The number of ether oxygens (including phenoxy) is 1. The number of aryl methyl sites for hydroxylation is 1. The van der Waals surface area contributed by atoms with Crippen LogP contribution in [0.2, 0.25) is 0 Å². The first-order chi connectivity index (χ1) is 8.27. The van der Waals surface area contributed by atoms with Gasteiger partial charge in [0.05, 0.1) is 18.2 Å². The maximum absolute atomic E-state index is 11.1. The topological polar surface area (TPSA) is 50.1 Å². The minimum absolute atomic E-state index is 0.138. The van der Waals surface area contributed by atoms with Gasteiger partial charge in [0.1, 0.15) is 0 Å². The number of esters is 1. The molecule has 0 atom stereocenters. The van der Waals surface area contributed by atoms with E-state index < -0.39 is 0 Å². The fraction of sp³-hybridized carbons (Fsp3) is 0.429. The number of rotatable bonds is 6. The van der Waals surface area contributed by atoms with Gasteiger partial charge in [0.25, 0.3) is 0 Å². The molecule has 0 bridgehead atoms. The highest BCUT2D eigenvalue weighted by Gasteiger charge is 2.03. The monoisotopic (exact) mass is 231 g/mol. The molecule has 0 saturated carbocycles. The van der Waals surface area contributed by atoms with Crippen LogP contribution in [0.4, 0.5) is 0 Å². The molecule has 0 fully saturated rings. The summed E-state index contributed by atoms with van der Waals surface area (Å²) < 4.78 is 4.85. The molecule has 17 heavy (non-hydrogen) atoms. The van der Waals surface area contributed by atoms with Crippen LogP contribution in [-0.4, -0.2) is 12.6 Å². The third-order valence-electron chi connectivity index (χ3n) is 2.52. The van der Waals surface area contributed by atoms with Crippen molar-refractivity contribution in [3.05, 3.63) is 35.4 Å². The average molecular weight is 231 g/mol. The van der Waals surface area contributed by atoms with Crippen molar-refractivity contribution in [3.63, 3.8) is 0 Å². The molecule has 0 spiro atoms. The van der Waals surface area contributed by atoms with Crippen molar-refractivity contribution in [2.45, 2.75) is 32.6 Å². The number of carbonyl (C=O) groups is 1. The highest BCUT2D eigenvalue weighted by molar-refractivity contribution is 5.69. The van der Waals surface area contributed by atoms with Crippen LogP contribution in [0.25, 0.3) is 0 Å². The van der Waals surface area contributed by atoms with Crippen molar-refractivity contribution in [2.75, 3.05) is 6.61 Å². The van der Waals surface area contributed by atoms with Gasteiger partial charge >= 0.3 is 5.97 Å². The molecule has 1 aromatic carbocycles. The van der Waals surface area contributed by atoms with Crippen LogP contribution in [0.1, 0.15) is 37.3 Å². The van der Waals surface area contributed by atoms with Crippen LogP contribution in [0, 0.1) is 11.3 Å². The van der Waals surface area contributed by atoms with Gasteiger partial charge in [-0.15, -0.1) is 0 Å². The van der Waals surface area contributed by atoms with Crippen molar-refractivity contribution < 1.29 is 9.53 Å². The van der Waals surface area contributed by atoms with Gasteiger partial charge in [-0.25, -0.2) is 0 Å². The van der Waals surface area contributed by atoms with Crippen LogP contribution in [0.15, 0.2) is 24.3 Å². The second-order valence-electron chi connectivity index (χ2n) is 3.78. The number of nitriles is 1. The third kappa shape index (κ3) is 4.69. The van der Waals surface area contributed by atoms with Gasteiger partial charge in [-0.05, 0) is 37.8 Å². The molecule has 0 unspecified atom stereocenters. The van der Waals surface area contributed by atoms with E-state index in [1.807, 2.05) is 24.3 Å². The Morgan fingerprint density at radius 1 is 1.35 bits per heavy atom. The first-order valence-electron chi connectivity index (χ1n) is 5.91. The second-order valence-corrected chi connectivity index (χ2v) is 3.78. The molecule has 0 aliphatic rings. The lowest BCUT2D eigenvalue weighted by Gasteiger charge is -2.04. The summed E-state index contributed by atoms with van der Waals surface area (Å²) in [4.78, 5) is 11.1. The summed E-state index contributed by atoms with van der Waals surface area (Å²) in [6, 6.07) is 9.75. The molecule has 1 aromatic rings. The summed E-state index contributed by atoms with van der Waals surface area (Å²) in [5.74, 6) is -0.138. The minimum Gasteiger partial charge on any atom is -0.466 e. The molecule has 0 heterocycles. The lowest BCUT2D eigenvalue weighted by atomic mass is 10.0. The van der Waals surface area contributed by atoms with E-state index in [0.717, 1.165) is 30.4 Å². The Morgan fingerprint density at radius 3 is 2.82 bits per heavy atom. The molecule has 3 heteroatoms. The zero-order valence-electron chi connectivity index (χ0n) is 10.1. The Morgan fingerprint density at radius 2 is 2.12 bits per heavy atom. The largest absolute Gasteiger partial charge is 0.466 e. The van der Waals surface area contributed by atoms with Crippen LogP contribution in [-0.2, 0) is 16.0 Å². The van der Waals surface area contributed by atoms with Crippen LogP contribution >= 0.6 is 0 Å². The molecule has 3 nitrogen and oxygen atoms in total. The standard InChI is InChI=1S/C14H17NO2/c1-2-17-14(16)10-6-5-8-12-7-3-4-9-13(12)11-15/h3-4,7,9H,2,5-6,8,10H2,1H3. The number of unbranched alkanes of at least 4 members (excludes halogenated alkanes) is 1. The smallest absolute Gasteiger partial charge is 0.305 e. The Labute approximate surface area is 102 Å². The first-order valence-corrected chi connectivity index (χ1v) is 5.91. The summed E-state index contributed by atoms with van der Waals surface area (Å²) in [5, 5.41) is 8.91. The lowest BCUT2D eigenvalue weighted by Crippen LogP contribution is -2.03. The maximum atomic E-state index is 11.1. The van der Waals surface area contributed by atoms with Crippen molar-refractivity contribution in [1.29, 1.82) is 5.26 Å². The second kappa shape index (κ2) is 7.45. The van der Waals surface area contributed by atoms with Crippen molar-refractivity contribution in [1.82, 2.24) is 0 Å². The third-order valence-corrected chi connectivity index (χ3v) is 2.52. The van der Waals surface area contributed by atoms with E-state index in [2.05, 4.69) is 6.07 Å². The molecular weight excluding hydrogens is 214 g/mol. The van der Waals surface area contributed by atoms with Crippen molar-refractivity contribution in [3.8, 4) is 6.07 Å². The molecule has 90 valence electrons. The molecule has 0 aliphatic heterocycles. The van der Waals surface area contributed by atoms with Gasteiger partial charge in [0.15, 0.2) is 0 Å². The fourth-order valence-electron chi connectivity index (χ4n) is 1.67. The Bertz CT molecular complexity index is 407. The van der Waals surface area contributed by atoms with E-state index in [1.165, 1.54) is 0 Å². The Kier molecular flexibility index (Phi) is 5.81. The summed E-state index contributed by atoms with van der Waals surface area (Å²) in [5.41, 5.74) is 1.78. The van der Waals surface area contributed by atoms with Gasteiger partial charge in [0.2, 0.25) is 0 Å². The number of carbonyl (C=O) groups excluding carboxylic acids is 1. The zero-order valence-corrected chi connectivity index (χ0v) is 10.1. The van der Waals surface area contributed by atoms with Gasteiger partial charge in [-0.2, -0.15) is 5.26 Å². The van der Waals surface area contributed by atoms with E-state index >= 15 is 0 Å². The maximum Gasteiger partial charge on any atom is 0.305 e. The van der Waals surface area contributed by atoms with Gasteiger partial charge < -0.3 is 4.74 Å². The number of benzene rings is 1. The Balaban J connectivity index is 2.32. The van der Waals surface area contributed by atoms with Crippen LogP contribution < -0.4 is 0 Å². The Hall–Kier alpha value is -1.82. The average Bonchev–Trinajstić information content (AvgIpc) is 2.35. The van der Waals surface area contributed by atoms with Crippen molar-refractivity contribution >= 4 is 5.97 Å². The first kappa shape index (κ1) is 13.2. The fourth-order valence-corrected chi connectivity index (χ4v) is 1.67. The molecule has 0 saturated heterocycles. The SMILES string of the molecule is CCOC(=O)CCCCc1ccccc1C#N. The normalized spacial score (nSPS) is 9.65. The van der Waals surface area contributed by atoms with Gasteiger partial charge in [0, 0.05) is 6.42 Å². The molecular formula is C14H17NO2. The predicted octanol–water partition coefficient (Wildman–Crippen LogP) is 2.83. The van der Waals surface area contributed by atoms with Crippen LogP contribution in [0.5, 0.6) is 0 Å². The zero-order chi connectivity index (χ0) is 12.5. The van der Waals surface area contributed by atoms with E-state index in [1.54, 1.807) is 6.92 Å². The number of nitrogens with zero attached hydrogens (tertiary/aromatic N) is 1. The van der Waals surface area contributed by atoms with Gasteiger partial charge in [-0.3, -0.25) is 4.79 Å². The quantitative estimate of drug-likeness (QED) is 0.558. The molecule has 0 amide bonds. The van der Waals surface area contributed by atoms with E-state index in [9.17, 15) is 4.79 Å². The summed E-state index contributed by atoms with van der Waals surface area (Å²) in [6.07, 6.45) is 3.00. The van der Waals surface area contributed by atoms with Crippen LogP contribution in [0.3, 0.4) is 0 Å². The van der Waals surface area contributed by atoms with Gasteiger partial charge in [-0.1, -0.05) is 18.2 Å². The highest BCUT2D eigenvalue weighted by Crippen LogP contribution is 2.11. The number of hydrogen-bond donors (Lipinski definition) is 0. The van der Waals surface area contributed by atoms with E-state index in [4.69, 9.17) is 10.00 Å². The van der Waals surface area contributed by atoms with E-state index in [-0.39, 0.29) is 5.97 Å². The lowest BCUT2D eigenvalue weighted by molar-refractivity contribution is -0.143. The molecule has 0 radical (unpaired) electrons. The molecule has 1 rings (SSSR count). The molecule has 0 aliphatic carbocycles. The summed E-state index contributed by atoms with van der Waals surface area (Å²) >= 11 is 0. The predicted molar refractivity (Wildman–Crippen MR) is 65.3 cm³/mol. The summed E-state index contributed by atoms with van der Waals surface area (Å²) in [7, 11) is 0. The summed E-state index contributed by atoms with van der Waals surface area (Å²) in [6.45, 7) is 2.25. The number of hydrogen-bond acceptors (Lipinski definition) is 3. The highest BCUT2D eigenvalue weighted by atomic mass is 16.5. The van der Waals surface area contributed by atoms with Crippen molar-refractivity contribution in [2.24, 2.45) is 0 Å². The molecule has 0 N–H and O–H groups in total. The molecule has 0 aromatic heterocycles. The van der Waals surface area contributed by atoms with E-state index in [0.29, 0.717) is 13.0 Å². The minimum atomic E-state index is -0.138.